The fourth-order valence-electron chi connectivity index (χ4n) is 2.87. The summed E-state index contributed by atoms with van der Waals surface area (Å²) in [6.45, 7) is 2.68. The molecule has 0 saturated carbocycles. The van der Waals surface area contributed by atoms with E-state index in [1.54, 1.807) is 4.31 Å². The third-order valence-electron chi connectivity index (χ3n) is 3.98. The largest absolute Gasteiger partial charge is 0.368 e. The van der Waals surface area contributed by atoms with Crippen LogP contribution in [-0.2, 0) is 20.5 Å². The van der Waals surface area contributed by atoms with Crippen LogP contribution in [0.1, 0.15) is 24.2 Å². The number of ether oxygens (including phenoxy) is 1. The maximum absolute atomic E-state index is 12.7. The Labute approximate surface area is 137 Å². The Kier molecular flexibility index (Phi) is 4.80. The van der Waals surface area contributed by atoms with Crippen molar-refractivity contribution < 1.29 is 13.2 Å². The van der Waals surface area contributed by atoms with E-state index in [4.69, 9.17) is 4.74 Å². The van der Waals surface area contributed by atoms with Gasteiger partial charge in [0.15, 0.2) is 0 Å². The van der Waals surface area contributed by atoms with Gasteiger partial charge in [0.1, 0.15) is 0 Å². The van der Waals surface area contributed by atoms with Crippen LogP contribution in [-0.4, -0.2) is 31.9 Å². The van der Waals surface area contributed by atoms with E-state index in [-0.39, 0.29) is 18.0 Å². The van der Waals surface area contributed by atoms with Gasteiger partial charge in [0, 0.05) is 13.1 Å². The molecule has 0 unspecified atom stereocenters. The van der Waals surface area contributed by atoms with E-state index in [2.05, 4.69) is 0 Å². The molecule has 1 heterocycles. The van der Waals surface area contributed by atoms with Gasteiger partial charge in [-0.3, -0.25) is 0 Å². The third-order valence-corrected chi connectivity index (χ3v) is 5.77. The molecule has 0 radical (unpaired) electrons. The second kappa shape index (κ2) is 6.83. The lowest BCUT2D eigenvalue weighted by Gasteiger charge is -2.36. The van der Waals surface area contributed by atoms with Crippen LogP contribution < -0.4 is 0 Å². The SMILES string of the molecule is C[C@@H]1CN(S(=O)(=O)Cc2ccccc2)C[C@H](c2ccccc2)O1. The maximum atomic E-state index is 12.7. The molecule has 2 atom stereocenters. The molecule has 0 bridgehead atoms. The van der Waals surface area contributed by atoms with Crippen LogP contribution in [0.3, 0.4) is 0 Å². The molecule has 2 aromatic carbocycles. The van der Waals surface area contributed by atoms with Crippen LogP contribution in [0.25, 0.3) is 0 Å². The zero-order valence-corrected chi connectivity index (χ0v) is 13.9. The van der Waals surface area contributed by atoms with Crippen LogP contribution in [0.4, 0.5) is 0 Å². The topological polar surface area (TPSA) is 46.6 Å². The van der Waals surface area contributed by atoms with Crippen molar-refractivity contribution in [1.29, 1.82) is 0 Å². The van der Waals surface area contributed by atoms with Gasteiger partial charge in [-0.25, -0.2) is 8.42 Å². The quantitative estimate of drug-likeness (QED) is 0.865. The van der Waals surface area contributed by atoms with E-state index < -0.39 is 10.0 Å². The summed E-state index contributed by atoms with van der Waals surface area (Å²) >= 11 is 0. The number of hydrogen-bond donors (Lipinski definition) is 0. The van der Waals surface area contributed by atoms with Crippen LogP contribution in [0.15, 0.2) is 60.7 Å². The van der Waals surface area contributed by atoms with Crippen molar-refractivity contribution in [3.8, 4) is 0 Å². The summed E-state index contributed by atoms with van der Waals surface area (Å²) in [5.41, 5.74) is 1.82. The highest BCUT2D eigenvalue weighted by Crippen LogP contribution is 2.27. The van der Waals surface area contributed by atoms with Crippen molar-refractivity contribution in [2.24, 2.45) is 0 Å². The first kappa shape index (κ1) is 16.2. The Morgan fingerprint density at radius 1 is 1.00 bits per heavy atom. The fourth-order valence-corrected chi connectivity index (χ4v) is 4.46. The van der Waals surface area contributed by atoms with Crippen molar-refractivity contribution in [3.05, 3.63) is 71.8 Å². The fraction of sp³-hybridized carbons (Fsp3) is 0.333. The summed E-state index contributed by atoms with van der Waals surface area (Å²) < 4.78 is 33.0. The molecule has 4 nitrogen and oxygen atoms in total. The Morgan fingerprint density at radius 2 is 1.61 bits per heavy atom. The number of benzene rings is 2. The lowest BCUT2D eigenvalue weighted by Crippen LogP contribution is -2.46. The first-order chi connectivity index (χ1) is 11.0. The van der Waals surface area contributed by atoms with E-state index >= 15 is 0 Å². The van der Waals surface area contributed by atoms with E-state index in [0.29, 0.717) is 13.1 Å². The molecule has 2 aromatic rings. The lowest BCUT2D eigenvalue weighted by atomic mass is 10.1. The molecule has 1 fully saturated rings. The van der Waals surface area contributed by atoms with Crippen LogP contribution >= 0.6 is 0 Å². The van der Waals surface area contributed by atoms with Crippen molar-refractivity contribution >= 4 is 10.0 Å². The van der Waals surface area contributed by atoms with Crippen molar-refractivity contribution in [1.82, 2.24) is 4.31 Å². The average molecular weight is 331 g/mol. The summed E-state index contributed by atoms with van der Waals surface area (Å²) in [4.78, 5) is 0. The first-order valence-corrected chi connectivity index (χ1v) is 9.38. The second-order valence-electron chi connectivity index (χ2n) is 5.90. The van der Waals surface area contributed by atoms with Gasteiger partial charge in [-0.2, -0.15) is 4.31 Å². The molecular formula is C18H21NO3S. The summed E-state index contributed by atoms with van der Waals surface area (Å²) in [6, 6.07) is 19.1. The predicted octanol–water partition coefficient (Wildman–Crippen LogP) is 2.98. The maximum Gasteiger partial charge on any atom is 0.218 e. The molecule has 3 rings (SSSR count). The summed E-state index contributed by atoms with van der Waals surface area (Å²) in [5.74, 6) is 0.0298. The van der Waals surface area contributed by atoms with Crippen LogP contribution in [0.2, 0.25) is 0 Å². The molecule has 0 aromatic heterocycles. The molecule has 1 aliphatic heterocycles. The molecule has 23 heavy (non-hydrogen) atoms. The number of rotatable bonds is 4. The Bertz CT molecular complexity index is 731. The average Bonchev–Trinajstić information content (AvgIpc) is 2.56. The molecule has 0 aliphatic carbocycles. The van der Waals surface area contributed by atoms with Crippen molar-refractivity contribution in [3.63, 3.8) is 0 Å². The highest BCUT2D eigenvalue weighted by molar-refractivity contribution is 7.88. The first-order valence-electron chi connectivity index (χ1n) is 7.77. The van der Waals surface area contributed by atoms with Gasteiger partial charge in [0.25, 0.3) is 0 Å². The zero-order valence-electron chi connectivity index (χ0n) is 13.1. The lowest BCUT2D eigenvalue weighted by molar-refractivity contribution is -0.0557. The molecule has 1 aliphatic rings. The summed E-state index contributed by atoms with van der Waals surface area (Å²) in [5, 5.41) is 0. The minimum atomic E-state index is -3.36. The van der Waals surface area contributed by atoms with E-state index in [1.807, 2.05) is 67.6 Å². The molecular weight excluding hydrogens is 310 g/mol. The molecule has 122 valence electrons. The van der Waals surface area contributed by atoms with Gasteiger partial charge < -0.3 is 4.74 Å². The Morgan fingerprint density at radius 3 is 2.26 bits per heavy atom. The van der Waals surface area contributed by atoms with E-state index in [9.17, 15) is 8.42 Å². The Balaban J connectivity index is 1.78. The monoisotopic (exact) mass is 331 g/mol. The molecule has 0 N–H and O–H groups in total. The van der Waals surface area contributed by atoms with Gasteiger partial charge in [0.05, 0.1) is 18.0 Å². The van der Waals surface area contributed by atoms with Gasteiger partial charge in [-0.05, 0) is 18.1 Å². The third kappa shape index (κ3) is 3.99. The van der Waals surface area contributed by atoms with Gasteiger partial charge in [-0.15, -0.1) is 0 Å². The second-order valence-corrected chi connectivity index (χ2v) is 7.87. The molecule has 0 spiro atoms. The highest BCUT2D eigenvalue weighted by Gasteiger charge is 2.33. The van der Waals surface area contributed by atoms with Gasteiger partial charge in [-0.1, -0.05) is 60.7 Å². The highest BCUT2D eigenvalue weighted by atomic mass is 32.2. The molecule has 1 saturated heterocycles. The normalized spacial score (nSPS) is 22.8. The summed E-state index contributed by atoms with van der Waals surface area (Å²) in [6.07, 6.45) is -0.343. The number of sulfonamides is 1. The van der Waals surface area contributed by atoms with Crippen LogP contribution in [0, 0.1) is 0 Å². The zero-order chi connectivity index (χ0) is 16.3. The van der Waals surface area contributed by atoms with E-state index in [0.717, 1.165) is 11.1 Å². The smallest absolute Gasteiger partial charge is 0.218 e. The van der Waals surface area contributed by atoms with Crippen LogP contribution in [0.5, 0.6) is 0 Å². The predicted molar refractivity (Wildman–Crippen MR) is 90.4 cm³/mol. The van der Waals surface area contributed by atoms with E-state index in [1.165, 1.54) is 0 Å². The number of morpholine rings is 1. The Hall–Kier alpha value is -1.69. The standard InChI is InChI=1S/C18H21NO3S/c1-15-12-19(13-18(22-15)17-10-6-3-7-11-17)23(20,21)14-16-8-4-2-5-9-16/h2-11,15,18H,12-14H2,1H3/t15-,18-/m1/s1. The summed E-state index contributed by atoms with van der Waals surface area (Å²) in [7, 11) is -3.36. The number of hydrogen-bond acceptors (Lipinski definition) is 3. The van der Waals surface area contributed by atoms with Gasteiger partial charge in [0.2, 0.25) is 10.0 Å². The minimum Gasteiger partial charge on any atom is -0.368 e. The minimum absolute atomic E-state index is 0.0298. The molecule has 5 heteroatoms. The van der Waals surface area contributed by atoms with Crippen molar-refractivity contribution in [2.75, 3.05) is 13.1 Å². The molecule has 0 amide bonds. The number of nitrogens with zero attached hydrogens (tertiary/aromatic N) is 1. The van der Waals surface area contributed by atoms with Gasteiger partial charge >= 0.3 is 0 Å². The van der Waals surface area contributed by atoms with Crippen molar-refractivity contribution in [2.45, 2.75) is 24.9 Å².